The van der Waals surface area contributed by atoms with Gasteiger partial charge in [0.2, 0.25) is 0 Å². The van der Waals surface area contributed by atoms with Gasteiger partial charge in [-0.2, -0.15) is 4.80 Å². The Labute approximate surface area is 87.0 Å². The van der Waals surface area contributed by atoms with E-state index in [-0.39, 0.29) is 0 Å². The molecule has 1 fully saturated rings. The number of aromatic nitrogens is 3. The molecule has 0 bridgehead atoms. The Hall–Kier alpha value is 0.0600. The molecular formula is C6H8Br2N4. The van der Waals surface area contributed by atoms with Crippen LogP contribution in [0.5, 0.6) is 0 Å². The van der Waals surface area contributed by atoms with E-state index in [0.717, 1.165) is 28.8 Å². The average molecular weight is 296 g/mol. The first-order valence-electron chi connectivity index (χ1n) is 3.72. The minimum Gasteiger partial charge on any atom is -0.316 e. The van der Waals surface area contributed by atoms with Crippen molar-refractivity contribution in [3.63, 3.8) is 0 Å². The number of hydrogen-bond acceptors (Lipinski definition) is 3. The van der Waals surface area contributed by atoms with E-state index in [9.17, 15) is 0 Å². The van der Waals surface area contributed by atoms with Crippen molar-refractivity contribution in [1.29, 1.82) is 0 Å². The smallest absolute Gasteiger partial charge is 0.162 e. The van der Waals surface area contributed by atoms with Gasteiger partial charge in [0.05, 0.1) is 6.54 Å². The van der Waals surface area contributed by atoms with Crippen LogP contribution in [-0.4, -0.2) is 28.1 Å². The van der Waals surface area contributed by atoms with Crippen molar-refractivity contribution in [2.24, 2.45) is 5.92 Å². The monoisotopic (exact) mass is 294 g/mol. The van der Waals surface area contributed by atoms with Gasteiger partial charge in [-0.1, -0.05) is 0 Å². The minimum absolute atomic E-state index is 0.691. The first kappa shape index (κ1) is 8.65. The third-order valence-corrected chi connectivity index (χ3v) is 3.46. The van der Waals surface area contributed by atoms with Crippen LogP contribution in [0.4, 0.5) is 0 Å². The summed E-state index contributed by atoms with van der Waals surface area (Å²) < 4.78 is 1.55. The topological polar surface area (TPSA) is 42.7 Å². The Bertz CT molecular complexity index is 262. The van der Waals surface area contributed by atoms with Crippen LogP contribution in [0.1, 0.15) is 0 Å². The number of nitrogens with one attached hydrogen (secondary N) is 1. The molecule has 6 heteroatoms. The summed E-state index contributed by atoms with van der Waals surface area (Å²) in [6.45, 7) is 3.06. The maximum Gasteiger partial charge on any atom is 0.162 e. The van der Waals surface area contributed by atoms with Crippen LogP contribution in [0.25, 0.3) is 0 Å². The van der Waals surface area contributed by atoms with Crippen LogP contribution in [0.15, 0.2) is 9.21 Å². The summed E-state index contributed by atoms with van der Waals surface area (Å²) in [5, 5.41) is 11.6. The van der Waals surface area contributed by atoms with Gasteiger partial charge in [-0.05, 0) is 31.9 Å². The molecule has 1 aliphatic rings. The van der Waals surface area contributed by atoms with Crippen LogP contribution in [0, 0.1) is 5.92 Å². The van der Waals surface area contributed by atoms with Gasteiger partial charge >= 0.3 is 0 Å². The molecule has 2 heterocycles. The molecule has 1 N–H and O–H groups in total. The van der Waals surface area contributed by atoms with E-state index in [1.807, 2.05) is 0 Å². The maximum atomic E-state index is 4.18. The summed E-state index contributed by atoms with van der Waals surface area (Å²) in [4.78, 5) is 1.72. The normalized spacial score (nSPS) is 17.8. The second kappa shape index (κ2) is 3.43. The van der Waals surface area contributed by atoms with Crippen molar-refractivity contribution in [2.45, 2.75) is 6.54 Å². The maximum absolute atomic E-state index is 4.18. The number of hydrogen-bond donors (Lipinski definition) is 1. The lowest BCUT2D eigenvalue weighted by Gasteiger charge is -2.25. The Morgan fingerprint density at radius 2 is 1.92 bits per heavy atom. The lowest BCUT2D eigenvalue weighted by Crippen LogP contribution is -2.44. The molecule has 0 aliphatic carbocycles. The third-order valence-electron chi connectivity index (χ3n) is 1.86. The van der Waals surface area contributed by atoms with Gasteiger partial charge in [-0.25, -0.2) is 0 Å². The molecule has 0 saturated carbocycles. The highest BCUT2D eigenvalue weighted by molar-refractivity contribution is 9.13. The van der Waals surface area contributed by atoms with Gasteiger partial charge in [0.1, 0.15) is 0 Å². The van der Waals surface area contributed by atoms with Crippen molar-refractivity contribution in [1.82, 2.24) is 20.3 Å². The molecule has 1 saturated heterocycles. The van der Waals surface area contributed by atoms with Crippen LogP contribution in [0.2, 0.25) is 0 Å². The second-order valence-electron chi connectivity index (χ2n) is 2.86. The highest BCUT2D eigenvalue weighted by Crippen LogP contribution is 2.17. The molecule has 0 spiro atoms. The standard InChI is InChI=1S/C6H8Br2N4/c7-5-6(8)11-12(10-5)3-4-1-9-2-4/h4,9H,1-3H2. The first-order chi connectivity index (χ1) is 5.75. The van der Waals surface area contributed by atoms with Gasteiger partial charge < -0.3 is 5.32 Å². The van der Waals surface area contributed by atoms with Crippen molar-refractivity contribution in [3.05, 3.63) is 9.21 Å². The molecule has 0 atom stereocenters. The molecule has 1 aromatic rings. The van der Waals surface area contributed by atoms with E-state index in [0.29, 0.717) is 5.92 Å². The Kier molecular flexibility index (Phi) is 2.47. The van der Waals surface area contributed by atoms with Crippen LogP contribution >= 0.6 is 31.9 Å². The van der Waals surface area contributed by atoms with Gasteiger partial charge in [-0.15, -0.1) is 10.2 Å². The molecule has 0 radical (unpaired) electrons. The second-order valence-corrected chi connectivity index (χ2v) is 4.36. The van der Waals surface area contributed by atoms with Gasteiger partial charge in [-0.3, -0.25) is 0 Å². The van der Waals surface area contributed by atoms with Crippen LogP contribution < -0.4 is 5.32 Å². The van der Waals surface area contributed by atoms with E-state index < -0.39 is 0 Å². The molecule has 0 unspecified atom stereocenters. The van der Waals surface area contributed by atoms with Crippen LogP contribution in [0.3, 0.4) is 0 Å². The van der Waals surface area contributed by atoms with Gasteiger partial charge in [0.15, 0.2) is 9.21 Å². The highest BCUT2D eigenvalue weighted by Gasteiger charge is 2.18. The summed E-state index contributed by atoms with van der Waals surface area (Å²) in [7, 11) is 0. The number of nitrogens with zero attached hydrogens (tertiary/aromatic N) is 3. The largest absolute Gasteiger partial charge is 0.316 e. The molecule has 12 heavy (non-hydrogen) atoms. The Morgan fingerprint density at radius 1 is 1.33 bits per heavy atom. The van der Waals surface area contributed by atoms with Crippen molar-refractivity contribution in [2.75, 3.05) is 13.1 Å². The fourth-order valence-electron chi connectivity index (χ4n) is 1.10. The summed E-state index contributed by atoms with van der Waals surface area (Å²) in [6, 6.07) is 0. The summed E-state index contributed by atoms with van der Waals surface area (Å²) >= 11 is 6.58. The third kappa shape index (κ3) is 1.70. The van der Waals surface area contributed by atoms with E-state index in [4.69, 9.17) is 0 Å². The molecule has 1 aromatic heterocycles. The summed E-state index contributed by atoms with van der Waals surface area (Å²) in [5.74, 6) is 0.691. The zero-order valence-electron chi connectivity index (χ0n) is 6.30. The molecular weight excluding hydrogens is 288 g/mol. The van der Waals surface area contributed by atoms with E-state index in [2.05, 4.69) is 47.4 Å². The minimum atomic E-state index is 0.691. The molecule has 2 rings (SSSR count). The SMILES string of the molecule is Brc1nn(CC2CNC2)nc1Br. The van der Waals surface area contributed by atoms with Gasteiger partial charge in [0, 0.05) is 19.0 Å². The van der Waals surface area contributed by atoms with Gasteiger partial charge in [0.25, 0.3) is 0 Å². The zero-order valence-corrected chi connectivity index (χ0v) is 9.47. The fraction of sp³-hybridized carbons (Fsp3) is 0.667. The zero-order chi connectivity index (χ0) is 8.55. The fourth-order valence-corrected chi connectivity index (χ4v) is 1.62. The predicted molar refractivity (Wildman–Crippen MR) is 51.8 cm³/mol. The van der Waals surface area contributed by atoms with Crippen molar-refractivity contribution >= 4 is 31.9 Å². The lowest BCUT2D eigenvalue weighted by molar-refractivity contribution is 0.280. The molecule has 0 amide bonds. The Morgan fingerprint density at radius 3 is 2.33 bits per heavy atom. The van der Waals surface area contributed by atoms with Crippen LogP contribution in [-0.2, 0) is 6.54 Å². The highest BCUT2D eigenvalue weighted by atomic mass is 79.9. The summed E-state index contributed by atoms with van der Waals surface area (Å²) in [6.07, 6.45) is 0. The predicted octanol–water partition coefficient (Wildman–Crippen LogP) is 1.02. The van der Waals surface area contributed by atoms with E-state index in [1.54, 1.807) is 4.80 Å². The molecule has 66 valence electrons. The summed E-state index contributed by atoms with van der Waals surface area (Å²) in [5.41, 5.74) is 0. The molecule has 0 aromatic carbocycles. The molecule has 1 aliphatic heterocycles. The van der Waals surface area contributed by atoms with E-state index in [1.165, 1.54) is 0 Å². The average Bonchev–Trinajstić information content (AvgIpc) is 2.24. The first-order valence-corrected chi connectivity index (χ1v) is 5.31. The van der Waals surface area contributed by atoms with E-state index >= 15 is 0 Å². The Balaban J connectivity index is 2.02. The number of halogens is 2. The van der Waals surface area contributed by atoms with Crippen molar-refractivity contribution in [3.8, 4) is 0 Å². The molecule has 4 nitrogen and oxygen atoms in total. The van der Waals surface area contributed by atoms with Crippen molar-refractivity contribution < 1.29 is 0 Å². The number of rotatable bonds is 2. The lowest BCUT2D eigenvalue weighted by atomic mass is 10.0. The quantitative estimate of drug-likeness (QED) is 0.886.